The largest absolute Gasteiger partial charge is 0.373 e. The standard InChI is InChI=1S/C18H20Cl2N2O/c19-17-10-15(11-18(20)21-17)12-22-8-6-16(7-9-22)23-13-14-4-2-1-3-5-14/h1-5,10-11,16H,6-9,12-13H2. The molecule has 0 N–H and O–H groups in total. The first-order chi connectivity index (χ1) is 11.2. The highest BCUT2D eigenvalue weighted by Crippen LogP contribution is 2.20. The monoisotopic (exact) mass is 350 g/mol. The smallest absolute Gasteiger partial charge is 0.131 e. The van der Waals surface area contributed by atoms with Crippen molar-refractivity contribution in [2.75, 3.05) is 13.1 Å². The molecule has 1 aliphatic rings. The van der Waals surface area contributed by atoms with Gasteiger partial charge in [-0.25, -0.2) is 4.98 Å². The Bertz CT molecular complexity index is 608. The van der Waals surface area contributed by atoms with Gasteiger partial charge in [0, 0.05) is 19.6 Å². The number of aromatic nitrogens is 1. The van der Waals surface area contributed by atoms with Crippen LogP contribution in [0.25, 0.3) is 0 Å². The maximum atomic E-state index is 6.03. The summed E-state index contributed by atoms with van der Waals surface area (Å²) in [6.07, 6.45) is 2.45. The van der Waals surface area contributed by atoms with E-state index in [0.29, 0.717) is 23.0 Å². The molecule has 0 saturated carbocycles. The van der Waals surface area contributed by atoms with Crippen LogP contribution in [0, 0.1) is 0 Å². The second-order valence-electron chi connectivity index (χ2n) is 5.89. The predicted octanol–water partition coefficient (Wildman–Crippen LogP) is 4.57. The SMILES string of the molecule is Clc1cc(CN2CCC(OCc3ccccc3)CC2)cc(Cl)n1. The van der Waals surface area contributed by atoms with Crippen molar-refractivity contribution in [1.82, 2.24) is 9.88 Å². The summed E-state index contributed by atoms with van der Waals surface area (Å²) in [4.78, 5) is 6.39. The molecule has 23 heavy (non-hydrogen) atoms. The molecule has 1 aromatic carbocycles. The Balaban J connectivity index is 1.45. The number of piperidine rings is 1. The Hall–Kier alpha value is -1.13. The van der Waals surface area contributed by atoms with Crippen LogP contribution in [0.3, 0.4) is 0 Å². The molecule has 2 aromatic rings. The van der Waals surface area contributed by atoms with Crippen molar-refractivity contribution in [2.24, 2.45) is 0 Å². The quantitative estimate of drug-likeness (QED) is 0.738. The van der Waals surface area contributed by atoms with Crippen molar-refractivity contribution in [1.29, 1.82) is 0 Å². The van der Waals surface area contributed by atoms with E-state index in [1.54, 1.807) is 0 Å². The molecule has 0 amide bonds. The molecule has 5 heteroatoms. The lowest BCUT2D eigenvalue weighted by molar-refractivity contribution is -0.00394. The van der Waals surface area contributed by atoms with Crippen LogP contribution < -0.4 is 0 Å². The molecule has 0 aliphatic carbocycles. The van der Waals surface area contributed by atoms with E-state index in [0.717, 1.165) is 38.0 Å². The van der Waals surface area contributed by atoms with Gasteiger partial charge >= 0.3 is 0 Å². The molecule has 0 atom stereocenters. The van der Waals surface area contributed by atoms with Gasteiger partial charge in [0.1, 0.15) is 10.3 Å². The summed E-state index contributed by atoms with van der Waals surface area (Å²) in [5, 5.41) is 0.905. The summed E-state index contributed by atoms with van der Waals surface area (Å²) in [7, 11) is 0. The van der Waals surface area contributed by atoms with Gasteiger partial charge in [0.2, 0.25) is 0 Å². The number of ether oxygens (including phenoxy) is 1. The van der Waals surface area contributed by atoms with Gasteiger partial charge in [-0.15, -0.1) is 0 Å². The fourth-order valence-corrected chi connectivity index (χ4v) is 3.39. The Morgan fingerprint density at radius 2 is 1.65 bits per heavy atom. The summed E-state index contributed by atoms with van der Waals surface area (Å²) >= 11 is 11.9. The zero-order valence-electron chi connectivity index (χ0n) is 12.9. The summed E-state index contributed by atoms with van der Waals surface area (Å²) in [5.74, 6) is 0. The van der Waals surface area contributed by atoms with Gasteiger partial charge < -0.3 is 4.74 Å². The first-order valence-corrected chi connectivity index (χ1v) is 8.64. The number of likely N-dealkylation sites (tertiary alicyclic amines) is 1. The predicted molar refractivity (Wildman–Crippen MR) is 93.8 cm³/mol. The minimum Gasteiger partial charge on any atom is -0.373 e. The first kappa shape index (κ1) is 16.7. The number of pyridine rings is 1. The highest BCUT2D eigenvalue weighted by atomic mass is 35.5. The van der Waals surface area contributed by atoms with Crippen LogP contribution in [-0.4, -0.2) is 29.1 Å². The van der Waals surface area contributed by atoms with E-state index in [9.17, 15) is 0 Å². The van der Waals surface area contributed by atoms with Crippen molar-refractivity contribution in [2.45, 2.75) is 32.1 Å². The molecule has 1 saturated heterocycles. The summed E-state index contributed by atoms with van der Waals surface area (Å²) in [6, 6.07) is 14.1. The van der Waals surface area contributed by atoms with Gasteiger partial charge in [0.15, 0.2) is 0 Å². The van der Waals surface area contributed by atoms with Crippen molar-refractivity contribution >= 4 is 23.2 Å². The third kappa shape index (κ3) is 5.18. The van der Waals surface area contributed by atoms with E-state index in [4.69, 9.17) is 27.9 Å². The van der Waals surface area contributed by atoms with E-state index in [1.807, 2.05) is 30.3 Å². The minimum absolute atomic E-state index is 0.344. The lowest BCUT2D eigenvalue weighted by Crippen LogP contribution is -2.36. The molecule has 1 aromatic heterocycles. The van der Waals surface area contributed by atoms with E-state index >= 15 is 0 Å². The van der Waals surface area contributed by atoms with Gasteiger partial charge in [0.05, 0.1) is 12.7 Å². The second kappa shape index (κ2) is 8.11. The van der Waals surface area contributed by atoms with Crippen LogP contribution in [0.15, 0.2) is 42.5 Å². The Kier molecular flexibility index (Phi) is 5.90. The zero-order chi connectivity index (χ0) is 16.1. The normalized spacial score (nSPS) is 16.6. The third-order valence-electron chi connectivity index (χ3n) is 4.09. The maximum absolute atomic E-state index is 6.03. The highest BCUT2D eigenvalue weighted by Gasteiger charge is 2.20. The van der Waals surface area contributed by atoms with E-state index in [1.165, 1.54) is 5.56 Å². The zero-order valence-corrected chi connectivity index (χ0v) is 14.4. The average Bonchev–Trinajstić information content (AvgIpc) is 2.54. The van der Waals surface area contributed by atoms with Gasteiger partial charge in [-0.2, -0.15) is 0 Å². The third-order valence-corrected chi connectivity index (χ3v) is 4.48. The molecule has 3 rings (SSSR count). The van der Waals surface area contributed by atoms with E-state index < -0.39 is 0 Å². The molecule has 122 valence electrons. The molecular formula is C18H20Cl2N2O. The molecule has 0 unspecified atom stereocenters. The maximum Gasteiger partial charge on any atom is 0.131 e. The second-order valence-corrected chi connectivity index (χ2v) is 6.67. The Morgan fingerprint density at radius 1 is 1.00 bits per heavy atom. The van der Waals surface area contributed by atoms with Gasteiger partial charge in [-0.05, 0) is 36.1 Å². The van der Waals surface area contributed by atoms with Crippen LogP contribution >= 0.6 is 23.2 Å². The topological polar surface area (TPSA) is 25.4 Å². The molecule has 0 spiro atoms. The Morgan fingerprint density at radius 3 is 2.30 bits per heavy atom. The molecule has 0 radical (unpaired) electrons. The van der Waals surface area contributed by atoms with Crippen LogP contribution in [0.1, 0.15) is 24.0 Å². The van der Waals surface area contributed by atoms with E-state index in [-0.39, 0.29) is 0 Å². The number of halogens is 2. The molecule has 2 heterocycles. The van der Waals surface area contributed by atoms with Crippen LogP contribution in [0.4, 0.5) is 0 Å². The number of benzene rings is 1. The van der Waals surface area contributed by atoms with Crippen molar-refractivity contribution in [3.8, 4) is 0 Å². The Labute approximate surface area is 147 Å². The van der Waals surface area contributed by atoms with Crippen LogP contribution in [-0.2, 0) is 17.9 Å². The highest BCUT2D eigenvalue weighted by molar-refractivity contribution is 6.32. The van der Waals surface area contributed by atoms with Crippen LogP contribution in [0.2, 0.25) is 10.3 Å². The number of hydrogen-bond donors (Lipinski definition) is 0. The molecule has 1 aliphatic heterocycles. The fourth-order valence-electron chi connectivity index (χ4n) is 2.89. The first-order valence-electron chi connectivity index (χ1n) is 7.89. The lowest BCUT2D eigenvalue weighted by atomic mass is 10.1. The molecule has 0 bridgehead atoms. The van der Waals surface area contributed by atoms with Gasteiger partial charge in [0.25, 0.3) is 0 Å². The molecular weight excluding hydrogens is 331 g/mol. The van der Waals surface area contributed by atoms with Crippen LogP contribution in [0.5, 0.6) is 0 Å². The molecule has 3 nitrogen and oxygen atoms in total. The molecule has 1 fully saturated rings. The summed E-state index contributed by atoms with van der Waals surface area (Å²) in [5.41, 5.74) is 2.34. The van der Waals surface area contributed by atoms with Crippen molar-refractivity contribution in [3.63, 3.8) is 0 Å². The minimum atomic E-state index is 0.344. The number of nitrogens with zero attached hydrogens (tertiary/aromatic N) is 2. The summed E-state index contributed by atoms with van der Waals surface area (Å²) < 4.78 is 6.03. The summed E-state index contributed by atoms with van der Waals surface area (Å²) in [6.45, 7) is 3.60. The lowest BCUT2D eigenvalue weighted by Gasteiger charge is -2.32. The number of hydrogen-bond acceptors (Lipinski definition) is 3. The van der Waals surface area contributed by atoms with E-state index in [2.05, 4.69) is 22.0 Å². The van der Waals surface area contributed by atoms with Crippen molar-refractivity contribution < 1.29 is 4.74 Å². The van der Waals surface area contributed by atoms with Gasteiger partial charge in [-0.3, -0.25) is 4.90 Å². The van der Waals surface area contributed by atoms with Crippen molar-refractivity contribution in [3.05, 3.63) is 63.9 Å². The number of rotatable bonds is 5. The van der Waals surface area contributed by atoms with Gasteiger partial charge in [-0.1, -0.05) is 53.5 Å². The fraction of sp³-hybridized carbons (Fsp3) is 0.389. The average molecular weight is 351 g/mol.